The summed E-state index contributed by atoms with van der Waals surface area (Å²) < 4.78 is 9.45. The van der Waals surface area contributed by atoms with Gasteiger partial charge in [-0.1, -0.05) is 12.1 Å². The van der Waals surface area contributed by atoms with Crippen molar-refractivity contribution in [2.24, 2.45) is 11.8 Å². The van der Waals surface area contributed by atoms with E-state index < -0.39 is 52.4 Å². The SMILES string of the molecule is COC(=O)[C@@H]1C(=O)C[C@@](C)(O)[C@H](C(=O)OC)[C@@H]1c1cccc([N+](=O)[O-])c1. The quantitative estimate of drug-likeness (QED) is 0.361. The maximum absolute atomic E-state index is 12.5. The molecule has 0 amide bonds. The number of benzene rings is 1. The Morgan fingerprint density at radius 3 is 2.42 bits per heavy atom. The Morgan fingerprint density at radius 2 is 1.88 bits per heavy atom. The number of carbonyl (C=O) groups is 3. The van der Waals surface area contributed by atoms with Crippen LogP contribution in [0.25, 0.3) is 0 Å². The van der Waals surface area contributed by atoms with Crippen molar-refractivity contribution in [2.75, 3.05) is 14.2 Å². The second-order valence-corrected chi connectivity index (χ2v) is 6.38. The molecule has 0 radical (unpaired) electrons. The molecule has 140 valence electrons. The predicted molar refractivity (Wildman–Crippen MR) is 87.1 cm³/mol. The Labute approximate surface area is 149 Å². The summed E-state index contributed by atoms with van der Waals surface area (Å²) in [5, 5.41) is 21.8. The van der Waals surface area contributed by atoms with Gasteiger partial charge in [-0.3, -0.25) is 24.5 Å². The summed E-state index contributed by atoms with van der Waals surface area (Å²) in [6.07, 6.45) is -0.446. The minimum atomic E-state index is -1.79. The van der Waals surface area contributed by atoms with Crippen molar-refractivity contribution in [2.45, 2.75) is 24.9 Å². The van der Waals surface area contributed by atoms with E-state index in [0.717, 1.165) is 14.2 Å². The number of nitro benzene ring substituents is 1. The van der Waals surface area contributed by atoms with E-state index in [2.05, 4.69) is 0 Å². The number of esters is 2. The number of hydrogen-bond donors (Lipinski definition) is 1. The second-order valence-electron chi connectivity index (χ2n) is 6.38. The van der Waals surface area contributed by atoms with E-state index in [1.54, 1.807) is 0 Å². The first-order valence-corrected chi connectivity index (χ1v) is 7.79. The molecular formula is C17H19NO8. The molecular weight excluding hydrogens is 346 g/mol. The number of aliphatic hydroxyl groups is 1. The second kappa shape index (κ2) is 7.20. The number of nitrogens with zero attached hydrogens (tertiary/aromatic N) is 1. The number of carbonyl (C=O) groups excluding carboxylic acids is 3. The maximum atomic E-state index is 12.5. The molecule has 26 heavy (non-hydrogen) atoms. The van der Waals surface area contributed by atoms with Gasteiger partial charge in [-0.25, -0.2) is 0 Å². The molecule has 0 unspecified atom stereocenters. The molecule has 1 aromatic carbocycles. The van der Waals surface area contributed by atoms with E-state index in [0.29, 0.717) is 0 Å². The van der Waals surface area contributed by atoms with Gasteiger partial charge >= 0.3 is 11.9 Å². The molecule has 1 fully saturated rings. The van der Waals surface area contributed by atoms with Crippen LogP contribution in [0.5, 0.6) is 0 Å². The highest BCUT2D eigenvalue weighted by Gasteiger charge is 2.57. The first-order valence-electron chi connectivity index (χ1n) is 7.79. The molecule has 0 aliphatic heterocycles. The lowest BCUT2D eigenvalue weighted by molar-refractivity contribution is -0.385. The van der Waals surface area contributed by atoms with Gasteiger partial charge in [0.15, 0.2) is 5.78 Å². The summed E-state index contributed by atoms with van der Waals surface area (Å²) in [7, 11) is 2.21. The van der Waals surface area contributed by atoms with E-state index in [1.807, 2.05) is 0 Å². The molecule has 0 spiro atoms. The van der Waals surface area contributed by atoms with Crippen molar-refractivity contribution in [3.8, 4) is 0 Å². The summed E-state index contributed by atoms with van der Waals surface area (Å²) in [6, 6.07) is 5.25. The fourth-order valence-electron chi connectivity index (χ4n) is 3.52. The van der Waals surface area contributed by atoms with Gasteiger partial charge in [0, 0.05) is 24.5 Å². The Kier molecular flexibility index (Phi) is 5.41. The molecule has 0 heterocycles. The third-order valence-electron chi connectivity index (χ3n) is 4.64. The lowest BCUT2D eigenvalue weighted by Gasteiger charge is -2.43. The van der Waals surface area contributed by atoms with Crippen LogP contribution in [-0.2, 0) is 23.9 Å². The van der Waals surface area contributed by atoms with Gasteiger partial charge in [0.25, 0.3) is 5.69 Å². The Hall–Kier alpha value is -2.81. The van der Waals surface area contributed by atoms with Gasteiger partial charge in [-0.05, 0) is 12.5 Å². The highest BCUT2D eigenvalue weighted by molar-refractivity contribution is 6.02. The first-order chi connectivity index (χ1) is 12.1. The van der Waals surface area contributed by atoms with Crippen LogP contribution in [0.3, 0.4) is 0 Å². The van der Waals surface area contributed by atoms with E-state index >= 15 is 0 Å². The molecule has 1 aliphatic rings. The largest absolute Gasteiger partial charge is 0.469 e. The fourth-order valence-corrected chi connectivity index (χ4v) is 3.52. The van der Waals surface area contributed by atoms with Gasteiger partial charge in [0.1, 0.15) is 5.92 Å². The smallest absolute Gasteiger partial charge is 0.316 e. The topological polar surface area (TPSA) is 133 Å². The number of nitro groups is 1. The van der Waals surface area contributed by atoms with E-state index in [-0.39, 0.29) is 11.3 Å². The Bertz CT molecular complexity index is 757. The van der Waals surface area contributed by atoms with Crippen LogP contribution in [0.4, 0.5) is 5.69 Å². The lowest BCUT2D eigenvalue weighted by Crippen LogP contribution is -2.55. The number of ether oxygens (including phenoxy) is 2. The van der Waals surface area contributed by atoms with Crippen LogP contribution in [0.15, 0.2) is 24.3 Å². The van der Waals surface area contributed by atoms with Crippen LogP contribution < -0.4 is 0 Å². The van der Waals surface area contributed by atoms with Crippen molar-refractivity contribution in [1.82, 2.24) is 0 Å². The van der Waals surface area contributed by atoms with Crippen LogP contribution in [0.2, 0.25) is 0 Å². The van der Waals surface area contributed by atoms with Crippen LogP contribution in [-0.4, -0.2) is 47.6 Å². The number of rotatable bonds is 4. The summed E-state index contributed by atoms with van der Waals surface area (Å²) in [5.74, 6) is -6.14. The highest BCUT2D eigenvalue weighted by atomic mass is 16.6. The molecule has 1 aliphatic carbocycles. The zero-order valence-corrected chi connectivity index (χ0v) is 14.5. The number of non-ortho nitro benzene ring substituents is 1. The van der Waals surface area contributed by atoms with E-state index in [9.17, 15) is 29.6 Å². The van der Waals surface area contributed by atoms with Crippen molar-refractivity contribution in [3.63, 3.8) is 0 Å². The molecule has 0 aromatic heterocycles. The Morgan fingerprint density at radius 1 is 1.27 bits per heavy atom. The van der Waals surface area contributed by atoms with Gasteiger partial charge in [0.2, 0.25) is 0 Å². The molecule has 9 heteroatoms. The molecule has 4 atom stereocenters. The monoisotopic (exact) mass is 365 g/mol. The van der Waals surface area contributed by atoms with Crippen LogP contribution >= 0.6 is 0 Å². The molecule has 1 aromatic rings. The zero-order chi connectivity index (χ0) is 19.6. The highest BCUT2D eigenvalue weighted by Crippen LogP contribution is 2.47. The average Bonchev–Trinajstić information content (AvgIpc) is 2.59. The Balaban J connectivity index is 2.69. The minimum absolute atomic E-state index is 0.193. The zero-order valence-electron chi connectivity index (χ0n) is 14.5. The normalized spacial score (nSPS) is 28.3. The first kappa shape index (κ1) is 19.5. The van der Waals surface area contributed by atoms with Gasteiger partial charge < -0.3 is 14.6 Å². The van der Waals surface area contributed by atoms with Gasteiger partial charge in [0.05, 0.1) is 30.7 Å². The van der Waals surface area contributed by atoms with Crippen molar-refractivity contribution >= 4 is 23.4 Å². The molecule has 0 bridgehead atoms. The predicted octanol–water partition coefficient (Wildman–Crippen LogP) is 0.981. The van der Waals surface area contributed by atoms with E-state index in [4.69, 9.17) is 9.47 Å². The summed E-state index contributed by atoms with van der Waals surface area (Å²) in [6.45, 7) is 1.30. The fraction of sp³-hybridized carbons (Fsp3) is 0.471. The molecule has 1 saturated carbocycles. The lowest BCUT2D eigenvalue weighted by atomic mass is 9.61. The average molecular weight is 365 g/mol. The number of hydrogen-bond acceptors (Lipinski definition) is 8. The molecule has 1 N–H and O–H groups in total. The molecule has 9 nitrogen and oxygen atoms in total. The van der Waals surface area contributed by atoms with Crippen molar-refractivity contribution in [3.05, 3.63) is 39.9 Å². The number of ketones is 1. The molecule has 0 saturated heterocycles. The third kappa shape index (κ3) is 3.43. The molecule has 2 rings (SSSR count). The third-order valence-corrected chi connectivity index (χ3v) is 4.64. The number of Topliss-reactive ketones (excluding diaryl/α,β-unsaturated/α-hetero) is 1. The minimum Gasteiger partial charge on any atom is -0.469 e. The standard InChI is InChI=1S/C17H19NO8/c1-17(22)8-11(19)13(15(20)25-2)12(14(17)16(21)26-3)9-5-4-6-10(7-9)18(23)24/h4-7,12-14,22H,8H2,1-3H3/t12-,13-,14+,17-/m1/s1. The van der Waals surface area contributed by atoms with Crippen molar-refractivity contribution < 1.29 is 33.9 Å². The summed E-state index contributed by atoms with van der Waals surface area (Å²) in [4.78, 5) is 47.6. The maximum Gasteiger partial charge on any atom is 0.316 e. The van der Waals surface area contributed by atoms with Crippen LogP contribution in [0.1, 0.15) is 24.8 Å². The van der Waals surface area contributed by atoms with E-state index in [1.165, 1.54) is 31.2 Å². The number of methoxy groups -OCH3 is 2. The summed E-state index contributed by atoms with van der Waals surface area (Å²) in [5.41, 5.74) is -1.87. The van der Waals surface area contributed by atoms with Crippen LogP contribution in [0, 0.1) is 22.0 Å². The van der Waals surface area contributed by atoms with Crippen molar-refractivity contribution in [1.29, 1.82) is 0 Å². The summed E-state index contributed by atoms with van der Waals surface area (Å²) >= 11 is 0. The van der Waals surface area contributed by atoms with Gasteiger partial charge in [-0.15, -0.1) is 0 Å². The van der Waals surface area contributed by atoms with Gasteiger partial charge in [-0.2, -0.15) is 0 Å².